The molecule has 0 amide bonds. The van der Waals surface area contributed by atoms with Crippen molar-refractivity contribution in [2.45, 2.75) is 89.6 Å². The molecule has 0 aliphatic carbocycles. The fourth-order valence-corrected chi connectivity index (χ4v) is 4.31. The SMILES string of the molecule is CC1(C)OCC(C2OC3OC(C)(C)OC3C2O[Si](C)(C)C)O1. The van der Waals surface area contributed by atoms with Gasteiger partial charge in [-0.1, -0.05) is 0 Å². The molecule has 0 N–H and O–H groups in total. The minimum absolute atomic E-state index is 0.169. The third-order valence-corrected chi connectivity index (χ3v) is 4.89. The quantitative estimate of drug-likeness (QED) is 0.739. The van der Waals surface area contributed by atoms with Crippen LogP contribution in [0.2, 0.25) is 19.6 Å². The highest BCUT2D eigenvalue weighted by atomic mass is 28.4. The van der Waals surface area contributed by atoms with Gasteiger partial charge in [0, 0.05) is 0 Å². The van der Waals surface area contributed by atoms with Crippen LogP contribution in [0.5, 0.6) is 0 Å². The van der Waals surface area contributed by atoms with Crippen LogP contribution in [0.25, 0.3) is 0 Å². The second kappa shape index (κ2) is 5.24. The molecular weight excluding hydrogens is 304 g/mol. The Hall–Kier alpha value is -0.0231. The van der Waals surface area contributed by atoms with Gasteiger partial charge in [0.1, 0.15) is 24.4 Å². The first-order valence-corrected chi connectivity index (χ1v) is 11.4. The van der Waals surface area contributed by atoms with Crippen LogP contribution in [0.15, 0.2) is 0 Å². The van der Waals surface area contributed by atoms with Crippen molar-refractivity contribution in [1.82, 2.24) is 0 Å². The molecule has 0 bridgehead atoms. The zero-order chi connectivity index (χ0) is 16.3. The first-order valence-electron chi connectivity index (χ1n) is 7.97. The molecule has 5 atom stereocenters. The van der Waals surface area contributed by atoms with Gasteiger partial charge in [0.15, 0.2) is 26.2 Å². The molecule has 3 fully saturated rings. The van der Waals surface area contributed by atoms with Crippen LogP contribution in [0.3, 0.4) is 0 Å². The molecular formula is C15H28O6Si. The normalized spacial score (nSPS) is 43.5. The van der Waals surface area contributed by atoms with Crippen LogP contribution in [0.4, 0.5) is 0 Å². The molecule has 3 rings (SSSR count). The molecule has 3 heterocycles. The van der Waals surface area contributed by atoms with Crippen molar-refractivity contribution in [1.29, 1.82) is 0 Å². The molecule has 0 aromatic heterocycles. The smallest absolute Gasteiger partial charge is 0.190 e. The van der Waals surface area contributed by atoms with E-state index in [-0.39, 0.29) is 24.4 Å². The van der Waals surface area contributed by atoms with E-state index in [0.29, 0.717) is 6.61 Å². The van der Waals surface area contributed by atoms with Gasteiger partial charge >= 0.3 is 0 Å². The highest BCUT2D eigenvalue weighted by Crippen LogP contribution is 2.42. The molecule has 0 aromatic rings. The van der Waals surface area contributed by atoms with E-state index >= 15 is 0 Å². The Morgan fingerprint density at radius 3 is 2.14 bits per heavy atom. The number of rotatable bonds is 3. The molecule has 0 spiro atoms. The van der Waals surface area contributed by atoms with Gasteiger partial charge in [0.25, 0.3) is 0 Å². The van der Waals surface area contributed by atoms with E-state index in [1.165, 1.54) is 0 Å². The van der Waals surface area contributed by atoms with Crippen molar-refractivity contribution < 1.29 is 28.1 Å². The lowest BCUT2D eigenvalue weighted by molar-refractivity contribution is -0.230. The molecule has 7 heteroatoms. The van der Waals surface area contributed by atoms with Crippen molar-refractivity contribution in [2.24, 2.45) is 0 Å². The zero-order valence-electron chi connectivity index (χ0n) is 14.5. The lowest BCUT2D eigenvalue weighted by Crippen LogP contribution is -2.48. The van der Waals surface area contributed by atoms with Gasteiger partial charge in [-0.05, 0) is 47.3 Å². The van der Waals surface area contributed by atoms with E-state index in [1.807, 2.05) is 27.7 Å². The van der Waals surface area contributed by atoms with Gasteiger partial charge in [0.2, 0.25) is 0 Å². The molecule has 0 saturated carbocycles. The summed E-state index contributed by atoms with van der Waals surface area (Å²) < 4.78 is 36.0. The highest BCUT2D eigenvalue weighted by molar-refractivity contribution is 6.69. The van der Waals surface area contributed by atoms with Crippen molar-refractivity contribution in [3.05, 3.63) is 0 Å². The Kier molecular flexibility index (Phi) is 4.01. The molecule has 3 saturated heterocycles. The van der Waals surface area contributed by atoms with Gasteiger partial charge in [-0.15, -0.1) is 0 Å². The summed E-state index contributed by atoms with van der Waals surface area (Å²) in [7, 11) is -1.77. The summed E-state index contributed by atoms with van der Waals surface area (Å²) in [6.45, 7) is 14.6. The van der Waals surface area contributed by atoms with Crippen molar-refractivity contribution in [3.8, 4) is 0 Å². The standard InChI is InChI=1S/C15H28O6Si/c1-14(2)16-8-9(18-14)10-11(21-22(5,6)7)12-13(17-10)20-15(3,4)19-12/h9-13H,8H2,1-7H3. The van der Waals surface area contributed by atoms with Gasteiger partial charge < -0.3 is 28.1 Å². The Balaban J connectivity index is 1.78. The van der Waals surface area contributed by atoms with Crippen molar-refractivity contribution in [3.63, 3.8) is 0 Å². The van der Waals surface area contributed by atoms with Gasteiger partial charge in [-0.3, -0.25) is 0 Å². The maximum absolute atomic E-state index is 6.37. The average Bonchev–Trinajstić information content (AvgIpc) is 2.89. The molecule has 3 aliphatic heterocycles. The number of ether oxygens (including phenoxy) is 5. The Labute approximate surface area is 133 Å². The summed E-state index contributed by atoms with van der Waals surface area (Å²) >= 11 is 0. The van der Waals surface area contributed by atoms with Crippen LogP contribution in [0.1, 0.15) is 27.7 Å². The maximum atomic E-state index is 6.37. The van der Waals surface area contributed by atoms with E-state index < -0.39 is 26.2 Å². The highest BCUT2D eigenvalue weighted by Gasteiger charge is 2.59. The second-order valence-corrected chi connectivity index (χ2v) is 12.6. The largest absolute Gasteiger partial charge is 0.409 e. The third-order valence-electron chi connectivity index (χ3n) is 3.91. The summed E-state index contributed by atoms with van der Waals surface area (Å²) in [5.74, 6) is -1.23. The summed E-state index contributed by atoms with van der Waals surface area (Å²) in [4.78, 5) is 0. The predicted molar refractivity (Wildman–Crippen MR) is 81.8 cm³/mol. The zero-order valence-corrected chi connectivity index (χ0v) is 15.5. The number of fused-ring (bicyclic) bond motifs is 1. The second-order valence-electron chi connectivity index (χ2n) is 8.13. The molecule has 6 nitrogen and oxygen atoms in total. The first-order chi connectivity index (χ1) is 9.96. The van der Waals surface area contributed by atoms with Gasteiger partial charge in [-0.2, -0.15) is 0 Å². The van der Waals surface area contributed by atoms with Gasteiger partial charge in [-0.25, -0.2) is 0 Å². The van der Waals surface area contributed by atoms with E-state index in [9.17, 15) is 0 Å². The van der Waals surface area contributed by atoms with Crippen LogP contribution in [0, 0.1) is 0 Å². The number of hydrogen-bond donors (Lipinski definition) is 0. The number of hydrogen-bond acceptors (Lipinski definition) is 6. The minimum atomic E-state index is -1.77. The Bertz CT molecular complexity index is 432. The van der Waals surface area contributed by atoms with Crippen LogP contribution in [-0.2, 0) is 28.1 Å². The fourth-order valence-electron chi connectivity index (χ4n) is 3.22. The van der Waals surface area contributed by atoms with Crippen LogP contribution < -0.4 is 0 Å². The monoisotopic (exact) mass is 332 g/mol. The molecule has 3 aliphatic rings. The Morgan fingerprint density at radius 1 is 0.909 bits per heavy atom. The van der Waals surface area contributed by atoms with Crippen LogP contribution >= 0.6 is 0 Å². The van der Waals surface area contributed by atoms with E-state index in [1.54, 1.807) is 0 Å². The Morgan fingerprint density at radius 2 is 1.59 bits per heavy atom. The predicted octanol–water partition coefficient (Wildman–Crippen LogP) is 2.23. The first kappa shape index (κ1) is 16.8. The maximum Gasteiger partial charge on any atom is 0.190 e. The molecule has 0 aromatic carbocycles. The molecule has 22 heavy (non-hydrogen) atoms. The van der Waals surface area contributed by atoms with E-state index in [2.05, 4.69) is 19.6 Å². The van der Waals surface area contributed by atoms with Crippen molar-refractivity contribution in [2.75, 3.05) is 6.61 Å². The van der Waals surface area contributed by atoms with E-state index in [4.69, 9.17) is 28.1 Å². The molecule has 5 unspecified atom stereocenters. The van der Waals surface area contributed by atoms with Gasteiger partial charge in [0.05, 0.1) is 6.61 Å². The molecule has 128 valence electrons. The fraction of sp³-hybridized carbons (Fsp3) is 1.00. The topological polar surface area (TPSA) is 55.4 Å². The van der Waals surface area contributed by atoms with Crippen LogP contribution in [-0.4, -0.2) is 57.2 Å². The average molecular weight is 332 g/mol. The lowest BCUT2D eigenvalue weighted by Gasteiger charge is -2.32. The minimum Gasteiger partial charge on any atom is -0.409 e. The van der Waals surface area contributed by atoms with E-state index in [0.717, 1.165) is 0 Å². The molecule has 0 radical (unpaired) electrons. The third kappa shape index (κ3) is 3.40. The van der Waals surface area contributed by atoms with Crippen molar-refractivity contribution >= 4 is 8.32 Å². The summed E-state index contributed by atoms with van der Waals surface area (Å²) in [5, 5.41) is 0. The summed E-state index contributed by atoms with van der Waals surface area (Å²) in [6.07, 6.45) is -1.23. The summed E-state index contributed by atoms with van der Waals surface area (Å²) in [5.41, 5.74) is 0. The summed E-state index contributed by atoms with van der Waals surface area (Å²) in [6, 6.07) is 0. The lowest BCUT2D eigenvalue weighted by atomic mass is 10.1.